The van der Waals surface area contributed by atoms with Crippen LogP contribution in [0.1, 0.15) is 27.7 Å². The van der Waals surface area contributed by atoms with Gasteiger partial charge in [-0.05, 0) is 18.4 Å². The van der Waals surface area contributed by atoms with Gasteiger partial charge >= 0.3 is 12.0 Å². The summed E-state index contributed by atoms with van der Waals surface area (Å²) in [6.45, 7) is 7.64. The number of nitrogens with zero attached hydrogens (tertiary/aromatic N) is 2. The third-order valence-electron chi connectivity index (χ3n) is 2.79. The van der Waals surface area contributed by atoms with E-state index in [1.165, 1.54) is 0 Å². The van der Waals surface area contributed by atoms with E-state index in [0.29, 0.717) is 6.54 Å². The minimum atomic E-state index is -1.05. The minimum Gasteiger partial charge on any atom is -0.480 e. The van der Waals surface area contributed by atoms with Crippen LogP contribution in [0.3, 0.4) is 0 Å². The van der Waals surface area contributed by atoms with Gasteiger partial charge in [-0.1, -0.05) is 20.8 Å². The summed E-state index contributed by atoms with van der Waals surface area (Å²) in [6.07, 6.45) is 3.46. The molecule has 0 fully saturated rings. The molecule has 2 amide bonds. The quantitative estimate of drug-likeness (QED) is 0.752. The molecule has 0 aromatic carbocycles. The molecule has 0 aliphatic rings. The van der Waals surface area contributed by atoms with E-state index >= 15 is 0 Å². The van der Waals surface area contributed by atoms with Crippen molar-refractivity contribution in [2.24, 2.45) is 5.41 Å². The van der Waals surface area contributed by atoms with Crippen LogP contribution in [-0.2, 0) is 11.3 Å². The third-order valence-corrected chi connectivity index (χ3v) is 2.79. The highest BCUT2D eigenvalue weighted by Crippen LogP contribution is 2.19. The SMILES string of the molecule is CC(Cn1cccn1)NC(=O)N[C@H](C(=O)O)C(C)(C)C. The van der Waals surface area contributed by atoms with Gasteiger partial charge in [0, 0.05) is 18.4 Å². The Labute approximate surface area is 118 Å². The molecule has 1 aromatic heterocycles. The number of aliphatic carboxylic acids is 1. The van der Waals surface area contributed by atoms with Gasteiger partial charge in [-0.2, -0.15) is 5.10 Å². The van der Waals surface area contributed by atoms with E-state index in [-0.39, 0.29) is 6.04 Å². The highest BCUT2D eigenvalue weighted by atomic mass is 16.4. The van der Waals surface area contributed by atoms with Crippen molar-refractivity contribution < 1.29 is 14.7 Å². The monoisotopic (exact) mass is 282 g/mol. The van der Waals surface area contributed by atoms with E-state index in [1.54, 1.807) is 43.9 Å². The molecule has 7 heteroatoms. The zero-order valence-corrected chi connectivity index (χ0v) is 12.3. The number of nitrogens with one attached hydrogen (secondary N) is 2. The molecule has 7 nitrogen and oxygen atoms in total. The standard InChI is InChI=1S/C13H22N4O3/c1-9(8-17-7-5-6-14-17)15-12(20)16-10(11(18)19)13(2,3)4/h5-7,9-10H,8H2,1-4H3,(H,18,19)(H2,15,16,20)/t9?,10-/m1/s1. The van der Waals surface area contributed by atoms with Crippen molar-refractivity contribution in [3.8, 4) is 0 Å². The van der Waals surface area contributed by atoms with Crippen LogP contribution < -0.4 is 10.6 Å². The summed E-state index contributed by atoms with van der Waals surface area (Å²) in [5, 5.41) is 18.4. The molecule has 3 N–H and O–H groups in total. The third kappa shape index (κ3) is 4.91. The molecule has 1 rings (SSSR count). The fourth-order valence-electron chi connectivity index (χ4n) is 1.78. The molecule has 0 aliphatic carbocycles. The minimum absolute atomic E-state index is 0.163. The van der Waals surface area contributed by atoms with E-state index in [4.69, 9.17) is 5.11 Å². The van der Waals surface area contributed by atoms with Gasteiger partial charge in [0.25, 0.3) is 0 Å². The number of hydrogen-bond acceptors (Lipinski definition) is 3. The van der Waals surface area contributed by atoms with Crippen LogP contribution in [0.4, 0.5) is 4.79 Å². The molecule has 0 aliphatic heterocycles. The summed E-state index contributed by atoms with van der Waals surface area (Å²) >= 11 is 0. The van der Waals surface area contributed by atoms with Crippen molar-refractivity contribution in [2.75, 3.05) is 0 Å². The molecule has 1 unspecified atom stereocenters. The number of carbonyl (C=O) groups is 2. The number of urea groups is 1. The molecule has 0 saturated carbocycles. The number of rotatable bonds is 5. The predicted octanol–water partition coefficient (Wildman–Crippen LogP) is 1.07. The lowest BCUT2D eigenvalue weighted by molar-refractivity contribution is -0.141. The highest BCUT2D eigenvalue weighted by Gasteiger charge is 2.32. The molecule has 1 heterocycles. The smallest absolute Gasteiger partial charge is 0.326 e. The molecule has 0 spiro atoms. The van der Waals surface area contributed by atoms with E-state index in [0.717, 1.165) is 0 Å². The van der Waals surface area contributed by atoms with Gasteiger partial charge in [-0.3, -0.25) is 4.68 Å². The molecule has 0 bridgehead atoms. The van der Waals surface area contributed by atoms with Crippen LogP contribution in [-0.4, -0.2) is 39.0 Å². The molecular weight excluding hydrogens is 260 g/mol. The van der Waals surface area contributed by atoms with Crippen molar-refractivity contribution in [1.29, 1.82) is 0 Å². The number of amides is 2. The highest BCUT2D eigenvalue weighted by molar-refractivity contribution is 5.83. The Balaban J connectivity index is 2.51. The summed E-state index contributed by atoms with van der Waals surface area (Å²) in [4.78, 5) is 23.0. The van der Waals surface area contributed by atoms with Crippen molar-refractivity contribution in [2.45, 2.75) is 46.3 Å². The van der Waals surface area contributed by atoms with Crippen molar-refractivity contribution >= 4 is 12.0 Å². The Bertz CT molecular complexity index is 451. The van der Waals surface area contributed by atoms with Gasteiger partial charge in [-0.25, -0.2) is 9.59 Å². The lowest BCUT2D eigenvalue weighted by Gasteiger charge is -2.28. The van der Waals surface area contributed by atoms with Gasteiger partial charge in [0.1, 0.15) is 6.04 Å². The average Bonchev–Trinajstić information content (AvgIpc) is 2.76. The zero-order valence-electron chi connectivity index (χ0n) is 12.3. The van der Waals surface area contributed by atoms with Crippen LogP contribution in [0, 0.1) is 5.41 Å². The molecule has 2 atom stereocenters. The Morgan fingerprint density at radius 3 is 2.45 bits per heavy atom. The fraction of sp³-hybridized carbons (Fsp3) is 0.615. The maximum Gasteiger partial charge on any atom is 0.326 e. The Morgan fingerprint density at radius 2 is 2.00 bits per heavy atom. The largest absolute Gasteiger partial charge is 0.480 e. The first-order valence-electron chi connectivity index (χ1n) is 6.47. The van der Waals surface area contributed by atoms with Crippen LogP contribution in [0.25, 0.3) is 0 Å². The van der Waals surface area contributed by atoms with Gasteiger partial charge in [0.05, 0.1) is 6.54 Å². The molecule has 0 radical (unpaired) electrons. The molecular formula is C13H22N4O3. The van der Waals surface area contributed by atoms with Gasteiger partial charge in [0.15, 0.2) is 0 Å². The van der Waals surface area contributed by atoms with E-state index in [2.05, 4.69) is 15.7 Å². The second-order valence-electron chi connectivity index (χ2n) is 5.88. The van der Waals surface area contributed by atoms with Gasteiger partial charge in [0.2, 0.25) is 0 Å². The number of carboxylic acids is 1. The number of carbonyl (C=O) groups excluding carboxylic acids is 1. The lowest BCUT2D eigenvalue weighted by atomic mass is 9.87. The summed E-state index contributed by atoms with van der Waals surface area (Å²) in [5.41, 5.74) is -0.561. The molecule has 1 aromatic rings. The average molecular weight is 282 g/mol. The number of carboxylic acid groups (broad SMARTS) is 1. The zero-order chi connectivity index (χ0) is 15.3. The first-order valence-corrected chi connectivity index (χ1v) is 6.47. The number of hydrogen-bond donors (Lipinski definition) is 3. The molecule has 112 valence electrons. The summed E-state index contributed by atoms with van der Waals surface area (Å²) in [7, 11) is 0. The van der Waals surface area contributed by atoms with Crippen molar-refractivity contribution in [3.05, 3.63) is 18.5 Å². The van der Waals surface area contributed by atoms with Crippen LogP contribution in [0.15, 0.2) is 18.5 Å². The van der Waals surface area contributed by atoms with E-state index in [9.17, 15) is 9.59 Å². The van der Waals surface area contributed by atoms with Crippen molar-refractivity contribution in [1.82, 2.24) is 20.4 Å². The van der Waals surface area contributed by atoms with Crippen molar-refractivity contribution in [3.63, 3.8) is 0 Å². The maximum atomic E-state index is 11.8. The maximum absolute atomic E-state index is 11.8. The first kappa shape index (κ1) is 16.0. The summed E-state index contributed by atoms with van der Waals surface area (Å²) in [5.74, 6) is -1.05. The molecule has 0 saturated heterocycles. The summed E-state index contributed by atoms with van der Waals surface area (Å²) in [6, 6.07) is 0.197. The normalized spacial score (nSPS) is 14.4. The second kappa shape index (κ2) is 6.40. The van der Waals surface area contributed by atoms with Crippen LogP contribution in [0.2, 0.25) is 0 Å². The Kier molecular flexibility index (Phi) is 5.12. The van der Waals surface area contributed by atoms with Gasteiger partial charge < -0.3 is 15.7 Å². The number of aromatic nitrogens is 2. The topological polar surface area (TPSA) is 96.3 Å². The molecule has 20 heavy (non-hydrogen) atoms. The Morgan fingerprint density at radius 1 is 1.35 bits per heavy atom. The lowest BCUT2D eigenvalue weighted by Crippen LogP contribution is -2.54. The predicted molar refractivity (Wildman–Crippen MR) is 74.2 cm³/mol. The second-order valence-corrected chi connectivity index (χ2v) is 5.88. The van der Waals surface area contributed by atoms with Crippen LogP contribution in [0.5, 0.6) is 0 Å². The van der Waals surface area contributed by atoms with E-state index < -0.39 is 23.5 Å². The fourth-order valence-corrected chi connectivity index (χ4v) is 1.78. The van der Waals surface area contributed by atoms with Gasteiger partial charge in [-0.15, -0.1) is 0 Å². The summed E-state index contributed by atoms with van der Waals surface area (Å²) < 4.78 is 1.70. The van der Waals surface area contributed by atoms with Crippen LogP contribution >= 0.6 is 0 Å². The first-order chi connectivity index (χ1) is 9.20. The van der Waals surface area contributed by atoms with E-state index in [1.807, 2.05) is 6.92 Å². The Hall–Kier alpha value is -2.05.